The normalized spacial score (nSPS) is 13.4. The molecule has 338 valence electrons. The molecule has 0 aliphatic heterocycles. The highest BCUT2D eigenvalue weighted by atomic mass is 28.3. The summed E-state index contributed by atoms with van der Waals surface area (Å²) < 4.78 is 0. The molecule has 0 aromatic heterocycles. The maximum Gasteiger partial charge on any atom is 0.168 e. The fourth-order valence-corrected chi connectivity index (χ4v) is 19.8. The van der Waals surface area contributed by atoms with Crippen LogP contribution in [-0.4, -0.2) is 135 Å². The Hall–Kier alpha value is -4.44. The first-order valence-electron chi connectivity index (χ1n) is 21.9. The van der Waals surface area contributed by atoms with Crippen LogP contribution in [-0.2, 0) is 0 Å². The van der Waals surface area contributed by atoms with Gasteiger partial charge in [0.2, 0.25) is 0 Å². The van der Waals surface area contributed by atoms with Crippen LogP contribution in [0.1, 0.15) is 61.1 Å². The van der Waals surface area contributed by atoms with E-state index in [0.29, 0.717) is 0 Å². The zero-order valence-electron chi connectivity index (χ0n) is 44.1. The molecular formula is C51H85N9Si. The molecule has 0 fully saturated rings. The number of nitrogens with zero attached hydrogens (tertiary/aromatic N) is 9. The van der Waals surface area contributed by atoms with Gasteiger partial charge in [0.1, 0.15) is 0 Å². The van der Waals surface area contributed by atoms with Crippen LogP contribution < -0.4 is 59.7 Å². The Morgan fingerprint density at radius 2 is 0.426 bits per heavy atom. The van der Waals surface area contributed by atoms with Gasteiger partial charge in [0.25, 0.3) is 0 Å². The van der Waals surface area contributed by atoms with Crippen molar-refractivity contribution < 1.29 is 0 Å². The summed E-state index contributed by atoms with van der Waals surface area (Å²) in [5.41, 5.74) is 25.5. The lowest BCUT2D eigenvalue weighted by Crippen LogP contribution is -2.74. The van der Waals surface area contributed by atoms with Gasteiger partial charge in [0.15, 0.2) is 8.07 Å². The molecule has 0 saturated heterocycles. The first-order chi connectivity index (χ1) is 28.0. The number of hydrogen-bond donors (Lipinski definition) is 0. The van der Waals surface area contributed by atoms with E-state index in [1.807, 2.05) is 0 Å². The Labute approximate surface area is 374 Å². The molecule has 0 radical (unpaired) electrons. The van der Waals surface area contributed by atoms with Gasteiger partial charge in [0, 0.05) is 149 Å². The molecule has 4 rings (SSSR count). The van der Waals surface area contributed by atoms with Gasteiger partial charge in [-0.2, -0.15) is 0 Å². The van der Waals surface area contributed by atoms with Crippen LogP contribution in [0.4, 0.5) is 51.2 Å². The standard InChI is InChI=1S/C51H85N9Si/c1-29-30(2)32(4)48(31(29)3)61(49-36(8)39(52(11)12)33(5)42(55(17)18)45(49)58(23)24,50-37(9)40(53(13)14)34(6)43(56(19)20)46(50)59(25)26)51-38(10)41(54(15)16)35(7)44(57(21)22)47(51)60(27)28/h48H,1-28H3. The quantitative estimate of drug-likeness (QED) is 0.127. The molecule has 0 spiro atoms. The summed E-state index contributed by atoms with van der Waals surface area (Å²) in [6, 6.07) is 0. The van der Waals surface area contributed by atoms with Crippen molar-refractivity contribution in [1.82, 2.24) is 0 Å². The third-order valence-corrected chi connectivity index (χ3v) is 19.9. The van der Waals surface area contributed by atoms with E-state index in [-0.39, 0.29) is 5.54 Å². The molecule has 0 saturated carbocycles. The molecule has 0 amide bonds. The van der Waals surface area contributed by atoms with E-state index in [2.05, 4.69) is 240 Å². The number of benzene rings is 3. The monoisotopic (exact) mass is 852 g/mol. The van der Waals surface area contributed by atoms with Gasteiger partial charge in [-0.1, -0.05) is 11.1 Å². The lowest BCUT2D eigenvalue weighted by atomic mass is 10.0. The molecule has 0 bridgehead atoms. The largest absolute Gasteiger partial charge is 0.377 e. The zero-order chi connectivity index (χ0) is 47.0. The Balaban J connectivity index is 2.95. The fourth-order valence-electron chi connectivity index (χ4n) is 12.2. The van der Waals surface area contributed by atoms with E-state index < -0.39 is 8.07 Å². The second kappa shape index (κ2) is 17.4. The molecule has 10 heteroatoms. The molecule has 0 N–H and O–H groups in total. The molecule has 1 aliphatic carbocycles. The van der Waals surface area contributed by atoms with Gasteiger partial charge in [0.05, 0.1) is 34.1 Å². The van der Waals surface area contributed by atoms with Crippen molar-refractivity contribution in [3.8, 4) is 0 Å². The molecule has 3 aromatic carbocycles. The Morgan fingerprint density at radius 1 is 0.246 bits per heavy atom. The summed E-state index contributed by atoms with van der Waals surface area (Å²) in [5, 5.41) is 4.45. The molecule has 1 aliphatic rings. The van der Waals surface area contributed by atoms with Gasteiger partial charge < -0.3 is 44.1 Å². The van der Waals surface area contributed by atoms with E-state index in [9.17, 15) is 0 Å². The molecule has 0 heterocycles. The first kappa shape index (κ1) is 49.2. The van der Waals surface area contributed by atoms with Crippen molar-refractivity contribution in [3.05, 3.63) is 55.7 Å². The second-order valence-corrected chi connectivity index (χ2v) is 23.6. The van der Waals surface area contributed by atoms with Crippen LogP contribution in [0.15, 0.2) is 22.3 Å². The van der Waals surface area contributed by atoms with Crippen LogP contribution >= 0.6 is 0 Å². The van der Waals surface area contributed by atoms with Gasteiger partial charge in [-0.05, 0) is 129 Å². The van der Waals surface area contributed by atoms with E-state index in [1.165, 1.54) is 122 Å². The number of allylic oxidation sites excluding steroid dienone is 4. The van der Waals surface area contributed by atoms with Crippen molar-refractivity contribution in [2.45, 2.75) is 74.8 Å². The minimum atomic E-state index is -3.59. The maximum absolute atomic E-state index is 3.59. The van der Waals surface area contributed by atoms with Crippen molar-refractivity contribution >= 4 is 74.8 Å². The van der Waals surface area contributed by atoms with Crippen LogP contribution in [0.5, 0.6) is 0 Å². The van der Waals surface area contributed by atoms with E-state index in [0.717, 1.165) is 0 Å². The van der Waals surface area contributed by atoms with Crippen LogP contribution in [0.3, 0.4) is 0 Å². The lowest BCUT2D eigenvalue weighted by molar-refractivity contribution is 1.02. The fraction of sp³-hybridized carbons (Fsp3) is 0.569. The summed E-state index contributed by atoms with van der Waals surface area (Å²) in [6.45, 7) is 24.1. The Bertz CT molecular complexity index is 2030. The van der Waals surface area contributed by atoms with Crippen LogP contribution in [0, 0.1) is 41.5 Å². The van der Waals surface area contributed by atoms with Gasteiger partial charge >= 0.3 is 0 Å². The number of hydrogen-bond acceptors (Lipinski definition) is 9. The molecule has 3 aromatic rings. The minimum absolute atomic E-state index is 0.0906. The average Bonchev–Trinajstić information content (AvgIpc) is 3.30. The highest BCUT2D eigenvalue weighted by Crippen LogP contribution is 2.54. The van der Waals surface area contributed by atoms with Crippen LogP contribution in [0.2, 0.25) is 5.54 Å². The second-order valence-electron chi connectivity index (χ2n) is 19.9. The minimum Gasteiger partial charge on any atom is -0.377 e. The number of rotatable bonds is 13. The topological polar surface area (TPSA) is 29.2 Å². The van der Waals surface area contributed by atoms with E-state index in [1.54, 1.807) is 0 Å². The van der Waals surface area contributed by atoms with E-state index >= 15 is 0 Å². The van der Waals surface area contributed by atoms with Crippen molar-refractivity contribution in [2.24, 2.45) is 0 Å². The molecular weight excluding hydrogens is 767 g/mol. The Kier molecular flexibility index (Phi) is 14.0. The van der Waals surface area contributed by atoms with Gasteiger partial charge in [-0.25, -0.2) is 0 Å². The first-order valence-corrected chi connectivity index (χ1v) is 24.0. The van der Waals surface area contributed by atoms with Gasteiger partial charge in [-0.3, -0.25) is 0 Å². The van der Waals surface area contributed by atoms with Crippen molar-refractivity contribution in [2.75, 3.05) is 171 Å². The summed E-state index contributed by atoms with van der Waals surface area (Å²) in [4.78, 5) is 21.7. The van der Waals surface area contributed by atoms with E-state index in [4.69, 9.17) is 0 Å². The molecule has 0 atom stereocenters. The molecule has 61 heavy (non-hydrogen) atoms. The lowest BCUT2D eigenvalue weighted by Gasteiger charge is -2.50. The number of anilines is 9. The van der Waals surface area contributed by atoms with Crippen molar-refractivity contribution in [1.29, 1.82) is 0 Å². The summed E-state index contributed by atoms with van der Waals surface area (Å²) in [5.74, 6) is 0. The summed E-state index contributed by atoms with van der Waals surface area (Å²) in [7, 11) is 37.0. The average molecular weight is 852 g/mol. The summed E-state index contributed by atoms with van der Waals surface area (Å²) >= 11 is 0. The third-order valence-electron chi connectivity index (χ3n) is 14.0. The van der Waals surface area contributed by atoms with Crippen molar-refractivity contribution in [3.63, 3.8) is 0 Å². The SMILES string of the molecule is CC1=C(C)C([Si](c2c(C)c(N(C)C)c(C)c(N(C)C)c2N(C)C)(c2c(C)c(N(C)C)c(C)c(N(C)C)c2N(C)C)c2c(C)c(N(C)C)c(C)c(N(C)C)c2N(C)C)C(C)=C1C. The maximum atomic E-state index is 2.47. The highest BCUT2D eigenvalue weighted by Gasteiger charge is 2.58. The predicted octanol–water partition coefficient (Wildman–Crippen LogP) is 7.66. The Morgan fingerprint density at radius 3 is 0.590 bits per heavy atom. The van der Waals surface area contributed by atoms with Crippen LogP contribution in [0.25, 0.3) is 0 Å². The highest BCUT2D eigenvalue weighted by molar-refractivity contribution is 7.16. The molecule has 9 nitrogen and oxygen atoms in total. The molecule has 0 unspecified atom stereocenters. The smallest absolute Gasteiger partial charge is 0.168 e. The zero-order valence-corrected chi connectivity index (χ0v) is 45.1. The predicted molar refractivity (Wildman–Crippen MR) is 282 cm³/mol. The van der Waals surface area contributed by atoms with Gasteiger partial charge in [-0.15, -0.1) is 0 Å². The summed E-state index contributed by atoms with van der Waals surface area (Å²) in [6.07, 6.45) is 0. The third kappa shape index (κ3) is 7.32.